The van der Waals surface area contributed by atoms with Crippen molar-refractivity contribution in [2.75, 3.05) is 0 Å². The highest BCUT2D eigenvalue weighted by atomic mass is 19.1. The van der Waals surface area contributed by atoms with E-state index >= 15 is 0 Å². The molecule has 22 heavy (non-hydrogen) atoms. The van der Waals surface area contributed by atoms with E-state index in [1.165, 1.54) is 28.8 Å². The summed E-state index contributed by atoms with van der Waals surface area (Å²) in [6.45, 7) is 3.70. The molecule has 0 bridgehead atoms. The summed E-state index contributed by atoms with van der Waals surface area (Å²) in [6, 6.07) is 22.5. The number of benzene rings is 3. The number of hydrogen-bond acceptors (Lipinski definition) is 0. The van der Waals surface area contributed by atoms with Crippen LogP contribution in [0.25, 0.3) is 11.1 Å². The average molecular weight is 296 g/mol. The molecule has 0 atom stereocenters. The first-order valence-corrected chi connectivity index (χ1v) is 7.10. The predicted molar refractivity (Wildman–Crippen MR) is 87.7 cm³/mol. The van der Waals surface area contributed by atoms with Gasteiger partial charge in [-0.1, -0.05) is 66.2 Å². The Morgan fingerprint density at radius 2 is 1.23 bits per heavy atom. The molecule has 0 spiro atoms. The van der Waals surface area contributed by atoms with Crippen molar-refractivity contribution in [1.29, 1.82) is 0 Å². The van der Waals surface area contributed by atoms with Crippen molar-refractivity contribution in [1.82, 2.24) is 0 Å². The maximum absolute atomic E-state index is 12.3. The third kappa shape index (κ3) is 4.52. The van der Waals surface area contributed by atoms with Crippen LogP contribution in [0.15, 0.2) is 72.8 Å². The van der Waals surface area contributed by atoms with Crippen LogP contribution in [0, 0.1) is 25.5 Å². The van der Waals surface area contributed by atoms with Crippen LogP contribution in [-0.2, 0) is 0 Å². The van der Waals surface area contributed by atoms with Crippen molar-refractivity contribution in [2.24, 2.45) is 0 Å². The van der Waals surface area contributed by atoms with Crippen molar-refractivity contribution in [3.8, 4) is 11.1 Å². The molecular weight excluding hydrogens is 278 g/mol. The fraction of sp³-hybridized carbons (Fsp3) is 0.100. The Hall–Kier alpha value is -2.48. The number of hydrogen-bond donors (Lipinski definition) is 0. The van der Waals surface area contributed by atoms with Gasteiger partial charge in [0.05, 0.1) is 0 Å². The molecule has 0 N–H and O–H groups in total. The fourth-order valence-corrected chi connectivity index (χ4v) is 1.94. The summed E-state index contributed by atoms with van der Waals surface area (Å²) in [4.78, 5) is 0. The molecule has 0 aromatic heterocycles. The minimum absolute atomic E-state index is 0.469. The molecule has 0 fully saturated rings. The molecule has 0 amide bonds. The average Bonchev–Trinajstić information content (AvgIpc) is 2.53. The highest BCUT2D eigenvalue weighted by Crippen LogP contribution is 2.18. The van der Waals surface area contributed by atoms with Gasteiger partial charge in [-0.25, -0.2) is 8.78 Å². The van der Waals surface area contributed by atoms with E-state index in [1.807, 2.05) is 6.07 Å². The second kappa shape index (κ2) is 7.51. The molecule has 0 saturated heterocycles. The van der Waals surface area contributed by atoms with Crippen molar-refractivity contribution >= 4 is 0 Å². The molecule has 0 unspecified atom stereocenters. The molecule has 0 aliphatic carbocycles. The molecule has 0 aliphatic rings. The zero-order valence-corrected chi connectivity index (χ0v) is 12.7. The first-order chi connectivity index (χ1) is 10.6. The minimum atomic E-state index is -0.530. The van der Waals surface area contributed by atoms with E-state index < -0.39 is 11.6 Å². The molecule has 0 radical (unpaired) electrons. The van der Waals surface area contributed by atoms with Crippen LogP contribution in [0.1, 0.15) is 11.1 Å². The second-order valence-corrected chi connectivity index (χ2v) is 5.13. The number of rotatable bonds is 1. The lowest BCUT2D eigenvalue weighted by Gasteiger charge is -2.00. The van der Waals surface area contributed by atoms with Gasteiger partial charge in [0.2, 0.25) is 0 Å². The quantitative estimate of drug-likeness (QED) is 0.521. The van der Waals surface area contributed by atoms with Crippen LogP contribution in [0.3, 0.4) is 0 Å². The van der Waals surface area contributed by atoms with Crippen LogP contribution in [0.5, 0.6) is 0 Å². The Labute approximate surface area is 130 Å². The van der Waals surface area contributed by atoms with Crippen molar-refractivity contribution < 1.29 is 8.78 Å². The topological polar surface area (TPSA) is 0 Å². The summed E-state index contributed by atoms with van der Waals surface area (Å²) in [5, 5.41) is 0. The van der Waals surface area contributed by atoms with Gasteiger partial charge in [0.15, 0.2) is 0 Å². The van der Waals surface area contributed by atoms with Crippen LogP contribution >= 0.6 is 0 Å². The van der Waals surface area contributed by atoms with Crippen LogP contribution in [0.2, 0.25) is 0 Å². The van der Waals surface area contributed by atoms with Gasteiger partial charge in [0.1, 0.15) is 11.6 Å². The van der Waals surface area contributed by atoms with E-state index in [4.69, 9.17) is 0 Å². The lowest BCUT2D eigenvalue weighted by Crippen LogP contribution is -1.81. The van der Waals surface area contributed by atoms with E-state index in [0.717, 1.165) is 6.07 Å². The Bertz CT molecular complexity index is 716. The fourth-order valence-electron chi connectivity index (χ4n) is 1.94. The van der Waals surface area contributed by atoms with Gasteiger partial charge in [0.25, 0.3) is 0 Å². The molecule has 112 valence electrons. The molecule has 2 heteroatoms. The summed E-state index contributed by atoms with van der Waals surface area (Å²) in [5.74, 6) is -1.02. The van der Waals surface area contributed by atoms with Gasteiger partial charge < -0.3 is 0 Å². The number of aryl methyl sites for hydroxylation is 2. The summed E-state index contributed by atoms with van der Waals surface area (Å²) < 4.78 is 24.4. The van der Waals surface area contributed by atoms with Gasteiger partial charge in [-0.15, -0.1) is 0 Å². The maximum atomic E-state index is 12.3. The van der Waals surface area contributed by atoms with Crippen LogP contribution in [-0.4, -0.2) is 0 Å². The first-order valence-electron chi connectivity index (χ1n) is 7.10. The third-order valence-electron chi connectivity index (χ3n) is 3.29. The molecular formula is C20H18F2. The Balaban J connectivity index is 0.000000172. The van der Waals surface area contributed by atoms with E-state index in [1.54, 1.807) is 6.92 Å². The third-order valence-corrected chi connectivity index (χ3v) is 3.29. The van der Waals surface area contributed by atoms with Crippen LogP contribution < -0.4 is 0 Å². The lowest BCUT2D eigenvalue weighted by molar-refractivity contribution is 0.577. The Kier molecular flexibility index (Phi) is 5.42. The van der Waals surface area contributed by atoms with Gasteiger partial charge in [0, 0.05) is 6.07 Å². The van der Waals surface area contributed by atoms with Crippen molar-refractivity contribution in [3.05, 3.63) is 95.6 Å². The minimum Gasteiger partial charge on any atom is -0.207 e. The van der Waals surface area contributed by atoms with Crippen molar-refractivity contribution in [3.63, 3.8) is 0 Å². The standard InChI is InChI=1S/C13H12.C7H6F2/c1-11-7-9-13(10-8-11)12-5-3-2-4-6-12;1-5-2-3-6(8)4-7(5)9/h2-10H,1H3;2-4H,1H3. The summed E-state index contributed by atoms with van der Waals surface area (Å²) in [5.41, 5.74) is 4.34. The normalized spacial score (nSPS) is 9.82. The molecule has 0 nitrogen and oxygen atoms in total. The largest absolute Gasteiger partial charge is 0.207 e. The monoisotopic (exact) mass is 296 g/mol. The molecule has 3 rings (SSSR count). The van der Waals surface area contributed by atoms with E-state index in [9.17, 15) is 8.78 Å². The van der Waals surface area contributed by atoms with Gasteiger partial charge in [-0.2, -0.15) is 0 Å². The first kappa shape index (κ1) is 15.9. The van der Waals surface area contributed by atoms with Gasteiger partial charge >= 0.3 is 0 Å². The van der Waals surface area contributed by atoms with Gasteiger partial charge in [-0.05, 0) is 36.6 Å². The summed E-state index contributed by atoms with van der Waals surface area (Å²) in [7, 11) is 0. The Morgan fingerprint density at radius 3 is 1.77 bits per heavy atom. The van der Waals surface area contributed by atoms with Gasteiger partial charge in [-0.3, -0.25) is 0 Å². The smallest absolute Gasteiger partial charge is 0.129 e. The van der Waals surface area contributed by atoms with E-state index in [-0.39, 0.29) is 0 Å². The maximum Gasteiger partial charge on any atom is 0.129 e. The highest BCUT2D eigenvalue weighted by Gasteiger charge is 1.96. The number of halogens is 2. The van der Waals surface area contributed by atoms with E-state index in [2.05, 4.69) is 55.5 Å². The predicted octanol–water partition coefficient (Wildman–Crippen LogP) is 5.94. The molecule has 3 aromatic carbocycles. The molecule has 3 aromatic rings. The van der Waals surface area contributed by atoms with Crippen molar-refractivity contribution in [2.45, 2.75) is 13.8 Å². The molecule has 0 heterocycles. The zero-order chi connectivity index (χ0) is 15.9. The van der Waals surface area contributed by atoms with Crippen LogP contribution in [0.4, 0.5) is 8.78 Å². The zero-order valence-electron chi connectivity index (χ0n) is 12.7. The Morgan fingerprint density at radius 1 is 0.636 bits per heavy atom. The summed E-state index contributed by atoms with van der Waals surface area (Å²) >= 11 is 0. The SMILES string of the molecule is Cc1ccc(-c2ccccc2)cc1.Cc1ccc(F)cc1F. The lowest BCUT2D eigenvalue weighted by atomic mass is 10.0. The second-order valence-electron chi connectivity index (χ2n) is 5.13. The highest BCUT2D eigenvalue weighted by molar-refractivity contribution is 5.63. The van der Waals surface area contributed by atoms with E-state index in [0.29, 0.717) is 5.56 Å². The molecule has 0 saturated carbocycles. The summed E-state index contributed by atoms with van der Waals surface area (Å²) in [6.07, 6.45) is 0. The molecule has 0 aliphatic heterocycles.